The molecule has 1 aromatic rings. The Morgan fingerprint density at radius 1 is 1.14 bits per heavy atom. The lowest BCUT2D eigenvalue weighted by molar-refractivity contribution is 0.0790. The van der Waals surface area contributed by atoms with Crippen molar-refractivity contribution in [2.75, 3.05) is 46.6 Å². The minimum Gasteiger partial charge on any atom is -0.454 e. The maximum Gasteiger partial charge on any atom is 0.409 e. The fourth-order valence-electron chi connectivity index (χ4n) is 2.58. The van der Waals surface area contributed by atoms with Crippen molar-refractivity contribution in [1.29, 1.82) is 0 Å². The van der Waals surface area contributed by atoms with Crippen LogP contribution in [0.25, 0.3) is 0 Å². The van der Waals surface area contributed by atoms with Crippen molar-refractivity contribution in [3.8, 4) is 11.5 Å². The number of ether oxygens (including phenoxy) is 3. The third-order valence-corrected chi connectivity index (χ3v) is 3.87. The molecule has 22 heavy (non-hydrogen) atoms. The molecule has 1 fully saturated rings. The van der Waals surface area contributed by atoms with Crippen LogP contribution in [0.4, 0.5) is 4.79 Å². The highest BCUT2D eigenvalue weighted by molar-refractivity contribution is 5.98. The van der Waals surface area contributed by atoms with Gasteiger partial charge in [0.05, 0.1) is 13.7 Å². The normalized spacial score (nSPS) is 17.4. The Bertz CT molecular complexity index is 581. The van der Waals surface area contributed by atoms with Crippen molar-refractivity contribution in [2.24, 2.45) is 0 Å². The number of ketones is 1. The van der Waals surface area contributed by atoms with E-state index >= 15 is 0 Å². The van der Waals surface area contributed by atoms with Crippen molar-refractivity contribution in [2.45, 2.75) is 0 Å². The summed E-state index contributed by atoms with van der Waals surface area (Å²) < 4.78 is 15.2. The molecule has 0 aliphatic carbocycles. The Morgan fingerprint density at radius 3 is 2.59 bits per heavy atom. The van der Waals surface area contributed by atoms with Gasteiger partial charge in [0.15, 0.2) is 17.3 Å². The predicted molar refractivity (Wildman–Crippen MR) is 77.3 cm³/mol. The standard InChI is InChI=1S/C15H18N2O5/c1-20-15(19)17-6-4-16(5-7-17)9-12(18)11-2-3-13-14(8-11)22-10-21-13/h2-3,8H,4-7,9-10H2,1H3. The zero-order valence-corrected chi connectivity index (χ0v) is 12.4. The van der Waals surface area contributed by atoms with Gasteiger partial charge >= 0.3 is 6.09 Å². The van der Waals surface area contributed by atoms with Crippen LogP contribution < -0.4 is 9.47 Å². The molecule has 1 aromatic carbocycles. The number of carbonyl (C=O) groups is 2. The van der Waals surface area contributed by atoms with Gasteiger partial charge in [-0.15, -0.1) is 0 Å². The van der Waals surface area contributed by atoms with Crippen LogP contribution in [0, 0.1) is 0 Å². The van der Waals surface area contributed by atoms with Crippen LogP contribution >= 0.6 is 0 Å². The first-order valence-electron chi connectivity index (χ1n) is 7.15. The molecule has 0 radical (unpaired) electrons. The lowest BCUT2D eigenvalue weighted by atomic mass is 10.1. The SMILES string of the molecule is COC(=O)N1CCN(CC(=O)c2ccc3c(c2)OCO3)CC1. The summed E-state index contributed by atoms with van der Waals surface area (Å²) in [5.41, 5.74) is 0.611. The zero-order chi connectivity index (χ0) is 15.5. The average Bonchev–Trinajstić information content (AvgIpc) is 3.02. The van der Waals surface area contributed by atoms with Crippen LogP contribution in [-0.4, -0.2) is 68.3 Å². The van der Waals surface area contributed by atoms with Gasteiger partial charge in [-0.3, -0.25) is 9.69 Å². The minimum absolute atomic E-state index is 0.0322. The molecule has 2 aliphatic rings. The van der Waals surface area contributed by atoms with Crippen LogP contribution in [0.1, 0.15) is 10.4 Å². The molecule has 1 saturated heterocycles. The number of amides is 1. The first-order valence-corrected chi connectivity index (χ1v) is 7.15. The Kier molecular flexibility index (Phi) is 4.15. The molecule has 7 nitrogen and oxygen atoms in total. The topological polar surface area (TPSA) is 68.3 Å². The maximum atomic E-state index is 12.3. The van der Waals surface area contributed by atoms with Crippen molar-refractivity contribution in [3.63, 3.8) is 0 Å². The number of Topliss-reactive ketones (excluding diaryl/α,β-unsaturated/α-hetero) is 1. The number of carbonyl (C=O) groups excluding carboxylic acids is 2. The third kappa shape index (κ3) is 2.99. The number of nitrogens with zero attached hydrogens (tertiary/aromatic N) is 2. The second kappa shape index (κ2) is 6.23. The first-order chi connectivity index (χ1) is 10.7. The van der Waals surface area contributed by atoms with E-state index < -0.39 is 0 Å². The van der Waals surface area contributed by atoms with Gasteiger partial charge in [0.2, 0.25) is 6.79 Å². The highest BCUT2D eigenvalue weighted by Crippen LogP contribution is 2.32. The van der Waals surface area contributed by atoms with Crippen molar-refractivity contribution in [1.82, 2.24) is 9.80 Å². The smallest absolute Gasteiger partial charge is 0.409 e. The van der Waals surface area contributed by atoms with Crippen LogP contribution in [0.3, 0.4) is 0 Å². The summed E-state index contributed by atoms with van der Waals surface area (Å²) in [4.78, 5) is 27.4. The molecular formula is C15H18N2O5. The second-order valence-corrected chi connectivity index (χ2v) is 5.22. The number of hydrogen-bond donors (Lipinski definition) is 0. The first kappa shape index (κ1) is 14.6. The van der Waals surface area contributed by atoms with Gasteiger partial charge in [0.1, 0.15) is 0 Å². The summed E-state index contributed by atoms with van der Waals surface area (Å²) in [5, 5.41) is 0. The summed E-state index contributed by atoms with van der Waals surface area (Å²) in [6, 6.07) is 5.22. The second-order valence-electron chi connectivity index (χ2n) is 5.22. The Labute approximate surface area is 128 Å². The summed E-state index contributed by atoms with van der Waals surface area (Å²) in [7, 11) is 1.37. The number of hydrogen-bond acceptors (Lipinski definition) is 6. The van der Waals surface area contributed by atoms with E-state index in [-0.39, 0.29) is 18.7 Å². The highest BCUT2D eigenvalue weighted by atomic mass is 16.7. The molecule has 2 heterocycles. The summed E-state index contributed by atoms with van der Waals surface area (Å²) in [5.74, 6) is 1.31. The zero-order valence-electron chi connectivity index (χ0n) is 12.4. The number of benzene rings is 1. The summed E-state index contributed by atoms with van der Waals surface area (Å²) in [6.07, 6.45) is -0.318. The van der Waals surface area contributed by atoms with Gasteiger partial charge in [-0.25, -0.2) is 4.79 Å². The van der Waals surface area contributed by atoms with Gasteiger partial charge in [-0.2, -0.15) is 0 Å². The summed E-state index contributed by atoms with van der Waals surface area (Å²) >= 11 is 0. The van der Waals surface area contributed by atoms with E-state index in [1.807, 2.05) is 4.90 Å². The van der Waals surface area contributed by atoms with E-state index in [0.717, 1.165) is 0 Å². The highest BCUT2D eigenvalue weighted by Gasteiger charge is 2.23. The van der Waals surface area contributed by atoms with Gasteiger partial charge in [0.25, 0.3) is 0 Å². The Hall–Kier alpha value is -2.28. The number of piperazine rings is 1. The average molecular weight is 306 g/mol. The molecule has 0 aromatic heterocycles. The van der Waals surface area contributed by atoms with Gasteiger partial charge < -0.3 is 19.1 Å². The number of rotatable bonds is 3. The Balaban J connectivity index is 1.56. The molecule has 0 spiro atoms. The van der Waals surface area contributed by atoms with Crippen LogP contribution in [-0.2, 0) is 4.74 Å². The minimum atomic E-state index is -0.318. The predicted octanol–water partition coefficient (Wildman–Crippen LogP) is 0.982. The molecular weight excluding hydrogens is 288 g/mol. The lowest BCUT2D eigenvalue weighted by Crippen LogP contribution is -2.49. The molecule has 0 bridgehead atoms. The fraction of sp³-hybridized carbons (Fsp3) is 0.467. The third-order valence-electron chi connectivity index (χ3n) is 3.87. The van der Waals surface area contributed by atoms with Crippen LogP contribution in [0.2, 0.25) is 0 Å². The molecule has 3 rings (SSSR count). The van der Waals surface area contributed by atoms with Gasteiger partial charge in [-0.05, 0) is 18.2 Å². The van der Waals surface area contributed by atoms with E-state index in [4.69, 9.17) is 14.2 Å². The molecule has 1 amide bonds. The van der Waals surface area contributed by atoms with E-state index in [1.165, 1.54) is 7.11 Å². The molecule has 2 aliphatic heterocycles. The lowest BCUT2D eigenvalue weighted by Gasteiger charge is -2.33. The molecule has 0 N–H and O–H groups in total. The van der Waals surface area contributed by atoms with E-state index in [1.54, 1.807) is 23.1 Å². The van der Waals surface area contributed by atoms with E-state index in [9.17, 15) is 9.59 Å². The van der Waals surface area contributed by atoms with E-state index in [2.05, 4.69) is 0 Å². The maximum absolute atomic E-state index is 12.3. The van der Waals surface area contributed by atoms with Gasteiger partial charge in [-0.1, -0.05) is 0 Å². The molecule has 118 valence electrons. The molecule has 7 heteroatoms. The number of fused-ring (bicyclic) bond motifs is 1. The number of methoxy groups -OCH3 is 1. The largest absolute Gasteiger partial charge is 0.454 e. The summed E-state index contributed by atoms with van der Waals surface area (Å²) in [6.45, 7) is 2.98. The molecule has 0 atom stereocenters. The monoisotopic (exact) mass is 306 g/mol. The molecule has 0 unspecified atom stereocenters. The van der Waals surface area contributed by atoms with Crippen LogP contribution in [0.15, 0.2) is 18.2 Å². The van der Waals surface area contributed by atoms with E-state index in [0.29, 0.717) is 49.8 Å². The van der Waals surface area contributed by atoms with Gasteiger partial charge in [0, 0.05) is 31.7 Å². The van der Waals surface area contributed by atoms with Crippen LogP contribution in [0.5, 0.6) is 11.5 Å². The fourth-order valence-corrected chi connectivity index (χ4v) is 2.58. The van der Waals surface area contributed by atoms with Crippen molar-refractivity contribution < 1.29 is 23.8 Å². The Morgan fingerprint density at radius 2 is 1.86 bits per heavy atom. The van der Waals surface area contributed by atoms with Crippen molar-refractivity contribution >= 4 is 11.9 Å². The molecule has 0 saturated carbocycles. The van der Waals surface area contributed by atoms with Crippen molar-refractivity contribution in [3.05, 3.63) is 23.8 Å². The quantitative estimate of drug-likeness (QED) is 0.776.